The Hall–Kier alpha value is -4.39. The molecule has 1 aromatic carbocycles. The summed E-state index contributed by atoms with van der Waals surface area (Å²) < 4.78 is 9.63. The van der Waals surface area contributed by atoms with Crippen molar-refractivity contribution in [2.45, 2.75) is 26.8 Å². The van der Waals surface area contributed by atoms with Crippen LogP contribution in [0.4, 0.5) is 17.1 Å². The second-order valence-electron chi connectivity index (χ2n) is 10.0. The predicted molar refractivity (Wildman–Crippen MR) is 151 cm³/mol. The van der Waals surface area contributed by atoms with Gasteiger partial charge in [-0.3, -0.25) is 20.0 Å². The summed E-state index contributed by atoms with van der Waals surface area (Å²) in [5.74, 6) is 0. The van der Waals surface area contributed by atoms with Gasteiger partial charge in [-0.15, -0.1) is 5.53 Å². The molecule has 4 heterocycles. The molecule has 9 nitrogen and oxygen atoms in total. The van der Waals surface area contributed by atoms with E-state index in [1.54, 1.807) is 48.1 Å². The summed E-state index contributed by atoms with van der Waals surface area (Å²) in [6.45, 7) is 6.98. The van der Waals surface area contributed by atoms with Crippen molar-refractivity contribution < 1.29 is 1.37 Å². The van der Waals surface area contributed by atoms with Crippen LogP contribution in [-0.4, -0.2) is 21.5 Å². The molecular formula is C28H28ClN9. The maximum Gasteiger partial charge on any atom is 0.103 e. The van der Waals surface area contributed by atoms with Crippen molar-refractivity contribution in [2.24, 2.45) is 5.41 Å². The fourth-order valence-electron chi connectivity index (χ4n) is 3.99. The van der Waals surface area contributed by atoms with Gasteiger partial charge in [-0.25, -0.2) is 0 Å². The van der Waals surface area contributed by atoms with Gasteiger partial charge in [0.05, 0.1) is 46.8 Å². The van der Waals surface area contributed by atoms with Gasteiger partial charge in [0.25, 0.3) is 0 Å². The lowest BCUT2D eigenvalue weighted by Gasteiger charge is -2.23. The van der Waals surface area contributed by atoms with Crippen LogP contribution in [0.5, 0.6) is 0 Å². The molecule has 192 valence electrons. The van der Waals surface area contributed by atoms with E-state index >= 15 is 0 Å². The van der Waals surface area contributed by atoms with Gasteiger partial charge < -0.3 is 16.1 Å². The minimum absolute atomic E-state index is 0.0214. The number of pyridine rings is 3. The van der Waals surface area contributed by atoms with Gasteiger partial charge in [-0.05, 0) is 41.3 Å². The smallest absolute Gasteiger partial charge is 0.103 e. The van der Waals surface area contributed by atoms with Crippen LogP contribution in [0.3, 0.4) is 0 Å². The maximum absolute atomic E-state index is 9.80. The summed E-state index contributed by atoms with van der Waals surface area (Å²) in [6, 6.07) is 11.7. The summed E-state index contributed by atoms with van der Waals surface area (Å²) in [7, 11) is 0. The predicted octanol–water partition coefficient (Wildman–Crippen LogP) is 5.53. The number of rotatable bonds is 7. The first-order chi connectivity index (χ1) is 18.7. The Balaban J connectivity index is 1.59. The number of nitrogens with zero attached hydrogens (tertiary/aromatic N) is 5. The van der Waals surface area contributed by atoms with E-state index < -0.39 is 6.02 Å². The number of aromatic nitrogens is 3. The summed E-state index contributed by atoms with van der Waals surface area (Å²) >= 11 is 6.71. The van der Waals surface area contributed by atoms with E-state index in [1.807, 2.05) is 24.3 Å². The Kier molecular flexibility index (Phi) is 6.65. The van der Waals surface area contributed by atoms with E-state index in [-0.39, 0.29) is 5.41 Å². The fraction of sp³-hybridized carbons (Fsp3) is 0.214. The number of hydrogen-bond acceptors (Lipinski definition) is 9. The average molecular weight is 527 g/mol. The van der Waals surface area contributed by atoms with E-state index in [4.69, 9.17) is 11.6 Å². The number of hydrogen-bond donors (Lipinski definition) is 4. The molecule has 1 aliphatic rings. The van der Waals surface area contributed by atoms with E-state index in [0.717, 1.165) is 5.69 Å². The summed E-state index contributed by atoms with van der Waals surface area (Å²) in [5, 5.41) is 19.4. The van der Waals surface area contributed by atoms with Crippen LogP contribution in [0.2, 0.25) is 5.02 Å². The van der Waals surface area contributed by atoms with Crippen molar-refractivity contribution in [1.82, 2.24) is 25.9 Å². The van der Waals surface area contributed by atoms with Crippen LogP contribution in [0, 0.1) is 16.7 Å². The zero-order valence-electron chi connectivity index (χ0n) is 22.2. The number of nitriles is 1. The SMILES string of the molecule is [2H]C(Nc1cc(Cl)c2ncc(C#N)c(NCC(C)(C)C)c2c1)(C1=CN(c2cccnc2)NN1)c1cccnc1. The molecule has 1 unspecified atom stereocenters. The zero-order valence-corrected chi connectivity index (χ0v) is 22.0. The summed E-state index contributed by atoms with van der Waals surface area (Å²) in [4.78, 5) is 12.9. The van der Waals surface area contributed by atoms with Gasteiger partial charge in [-0.1, -0.05) is 38.4 Å². The Labute approximate surface area is 227 Å². The molecule has 1 atom stereocenters. The Morgan fingerprint density at radius 3 is 2.63 bits per heavy atom. The monoisotopic (exact) mass is 526 g/mol. The second kappa shape index (κ2) is 10.5. The molecule has 0 bridgehead atoms. The Bertz CT molecular complexity index is 1570. The van der Waals surface area contributed by atoms with Crippen LogP contribution in [-0.2, 0) is 0 Å². The van der Waals surface area contributed by atoms with E-state index in [0.29, 0.717) is 50.7 Å². The number of hydrazine groups is 2. The van der Waals surface area contributed by atoms with E-state index in [1.165, 1.54) is 6.20 Å². The lowest BCUT2D eigenvalue weighted by Crippen LogP contribution is -2.37. The average Bonchev–Trinajstić information content (AvgIpc) is 3.43. The van der Waals surface area contributed by atoms with Crippen LogP contribution < -0.4 is 26.6 Å². The highest BCUT2D eigenvalue weighted by molar-refractivity contribution is 6.35. The van der Waals surface area contributed by atoms with Gasteiger partial charge >= 0.3 is 0 Å². The van der Waals surface area contributed by atoms with Crippen LogP contribution >= 0.6 is 11.6 Å². The molecule has 38 heavy (non-hydrogen) atoms. The molecule has 5 rings (SSSR count). The quantitative estimate of drug-likeness (QED) is 0.247. The Morgan fingerprint density at radius 1 is 1.16 bits per heavy atom. The molecule has 0 saturated carbocycles. The first-order valence-corrected chi connectivity index (χ1v) is 12.4. The number of halogens is 1. The van der Waals surface area contributed by atoms with Gasteiger partial charge in [-0.2, -0.15) is 5.26 Å². The number of nitrogens with one attached hydrogen (secondary N) is 4. The van der Waals surface area contributed by atoms with Gasteiger partial charge in [0, 0.05) is 48.6 Å². The minimum atomic E-state index is -1.49. The minimum Gasteiger partial charge on any atom is -0.383 e. The standard InChI is InChI=1S/C28H28ClN9/c1-28(2,3)17-34-25-19(12-30)14-33-27-22(25)10-20(11-23(27)29)35-26(18-6-4-8-31-13-18)24-16-38(37-36-24)21-7-5-9-32-15-21/h4-11,13-16,26,35-37H,17H2,1-3H3,(H,33,34)/i26D. The van der Waals surface area contributed by atoms with Crippen molar-refractivity contribution in [1.29, 1.82) is 5.26 Å². The molecule has 0 spiro atoms. The summed E-state index contributed by atoms with van der Waals surface area (Å²) in [6.07, 6.45) is 10.0. The number of anilines is 3. The zero-order chi connectivity index (χ0) is 27.6. The second-order valence-corrected chi connectivity index (χ2v) is 10.4. The third-order valence-electron chi connectivity index (χ3n) is 5.82. The van der Waals surface area contributed by atoms with Crippen molar-refractivity contribution in [3.8, 4) is 6.07 Å². The van der Waals surface area contributed by atoms with Crippen molar-refractivity contribution in [3.05, 3.63) is 95.4 Å². The number of fused-ring (bicyclic) bond motifs is 1. The van der Waals surface area contributed by atoms with Crippen LogP contribution in [0.1, 0.15) is 39.3 Å². The molecule has 3 aromatic heterocycles. The largest absolute Gasteiger partial charge is 0.383 e. The highest BCUT2D eigenvalue weighted by Gasteiger charge is 2.24. The molecule has 0 fully saturated rings. The van der Waals surface area contributed by atoms with Crippen molar-refractivity contribution in [3.63, 3.8) is 0 Å². The van der Waals surface area contributed by atoms with E-state index in [2.05, 4.69) is 63.4 Å². The molecule has 4 aromatic rings. The molecule has 1 aliphatic heterocycles. The molecule has 0 radical (unpaired) electrons. The Morgan fingerprint density at radius 2 is 1.95 bits per heavy atom. The van der Waals surface area contributed by atoms with Gasteiger partial charge in [0.2, 0.25) is 0 Å². The first-order valence-electron chi connectivity index (χ1n) is 12.6. The normalized spacial score (nSPS) is 15.2. The van der Waals surface area contributed by atoms with Crippen molar-refractivity contribution >= 4 is 39.6 Å². The maximum atomic E-state index is 9.80. The van der Waals surface area contributed by atoms with Crippen LogP contribution in [0.25, 0.3) is 10.9 Å². The van der Waals surface area contributed by atoms with Crippen LogP contribution in [0.15, 0.2) is 79.3 Å². The van der Waals surface area contributed by atoms with Crippen molar-refractivity contribution in [2.75, 3.05) is 22.2 Å². The molecule has 10 heteroatoms. The molecule has 4 N–H and O–H groups in total. The highest BCUT2D eigenvalue weighted by Crippen LogP contribution is 2.36. The lowest BCUT2D eigenvalue weighted by molar-refractivity contribution is 0.443. The summed E-state index contributed by atoms with van der Waals surface area (Å²) in [5.41, 5.74) is 10.3. The highest BCUT2D eigenvalue weighted by atomic mass is 35.5. The third kappa shape index (κ3) is 5.47. The molecule has 0 amide bonds. The fourth-order valence-corrected chi connectivity index (χ4v) is 4.26. The molecular weight excluding hydrogens is 498 g/mol. The van der Waals surface area contributed by atoms with E-state index in [9.17, 15) is 6.63 Å². The first kappa shape index (κ1) is 24.0. The lowest BCUT2D eigenvalue weighted by atomic mass is 9.96. The van der Waals surface area contributed by atoms with Gasteiger partial charge in [0.1, 0.15) is 6.07 Å². The topological polar surface area (TPSA) is 114 Å². The van der Waals surface area contributed by atoms with Gasteiger partial charge in [0.15, 0.2) is 0 Å². The molecule has 0 saturated heterocycles. The molecule has 0 aliphatic carbocycles. The number of benzene rings is 1. The third-order valence-corrected chi connectivity index (χ3v) is 6.11.